The number of anilines is 1. The molecule has 1 aliphatic rings. The van der Waals surface area contributed by atoms with Gasteiger partial charge in [0.05, 0.1) is 23.1 Å². The predicted molar refractivity (Wildman–Crippen MR) is 127 cm³/mol. The number of thioether (sulfide) groups is 1. The van der Waals surface area contributed by atoms with E-state index in [-0.39, 0.29) is 31.1 Å². The molecule has 0 fully saturated rings. The van der Waals surface area contributed by atoms with Crippen LogP contribution in [-0.4, -0.2) is 32.8 Å². The van der Waals surface area contributed by atoms with Crippen LogP contribution < -0.4 is 10.7 Å². The first-order valence-electron chi connectivity index (χ1n) is 9.95. The molecule has 32 heavy (non-hydrogen) atoms. The number of carbonyl (C=O) groups is 3. The molecule has 0 spiro atoms. The van der Waals surface area contributed by atoms with Crippen LogP contribution in [0, 0.1) is 0 Å². The summed E-state index contributed by atoms with van der Waals surface area (Å²) < 4.78 is 2.54. The van der Waals surface area contributed by atoms with Gasteiger partial charge < -0.3 is 10.4 Å². The summed E-state index contributed by atoms with van der Waals surface area (Å²) >= 11 is 4.77. The molecule has 3 N–H and O–H groups in total. The van der Waals surface area contributed by atoms with Crippen molar-refractivity contribution in [2.24, 2.45) is 0 Å². The van der Waals surface area contributed by atoms with E-state index in [1.165, 1.54) is 11.8 Å². The number of halogens is 1. The number of aliphatic carboxylic acids is 1. The Balaban J connectivity index is 1.54. The summed E-state index contributed by atoms with van der Waals surface area (Å²) in [6.45, 7) is 0. The van der Waals surface area contributed by atoms with Gasteiger partial charge in [0, 0.05) is 33.5 Å². The van der Waals surface area contributed by atoms with E-state index >= 15 is 0 Å². The number of carboxylic acids is 1. The maximum absolute atomic E-state index is 12.9. The molecule has 0 unspecified atom stereocenters. The molecule has 9 heteroatoms. The molecule has 0 radical (unpaired) electrons. The minimum Gasteiger partial charge on any atom is -0.481 e. The van der Waals surface area contributed by atoms with Gasteiger partial charge in [-0.15, -0.1) is 11.8 Å². The second-order valence-electron chi connectivity index (χ2n) is 7.28. The molecule has 2 amide bonds. The Bertz CT molecular complexity index is 1180. The van der Waals surface area contributed by atoms with Crippen molar-refractivity contribution in [2.75, 3.05) is 10.7 Å². The number of fused-ring (bicyclic) bond motifs is 1. The van der Waals surface area contributed by atoms with Crippen LogP contribution in [0.15, 0.2) is 70.0 Å². The zero-order valence-corrected chi connectivity index (χ0v) is 19.3. The zero-order chi connectivity index (χ0) is 22.7. The van der Waals surface area contributed by atoms with Crippen molar-refractivity contribution in [3.8, 4) is 11.3 Å². The lowest BCUT2D eigenvalue weighted by Crippen LogP contribution is -2.34. The molecule has 4 rings (SSSR count). The number of carbonyl (C=O) groups excluding carboxylic acids is 2. The summed E-state index contributed by atoms with van der Waals surface area (Å²) in [5, 5.41) is 11.4. The number of hydrogen-bond donors (Lipinski definition) is 3. The third-order valence-electron chi connectivity index (χ3n) is 5.01. The number of carboxylic acid groups (broad SMARTS) is 1. The minimum absolute atomic E-state index is 0.0127. The molecule has 0 bridgehead atoms. The summed E-state index contributed by atoms with van der Waals surface area (Å²) in [4.78, 5) is 37.4. The van der Waals surface area contributed by atoms with Crippen molar-refractivity contribution < 1.29 is 19.5 Å². The van der Waals surface area contributed by atoms with E-state index in [0.29, 0.717) is 5.69 Å². The number of nitrogens with one attached hydrogen (secondary N) is 2. The molecule has 1 atom stereocenters. The number of amides is 2. The van der Waals surface area contributed by atoms with Crippen LogP contribution in [0.4, 0.5) is 5.69 Å². The Hall–Kier alpha value is -3.04. The number of rotatable bonds is 7. The third-order valence-corrected chi connectivity index (χ3v) is 6.81. The van der Waals surface area contributed by atoms with Gasteiger partial charge in [-0.05, 0) is 36.4 Å². The van der Waals surface area contributed by atoms with E-state index in [1.54, 1.807) is 10.7 Å². The Morgan fingerprint density at radius 2 is 1.84 bits per heavy atom. The zero-order valence-electron chi connectivity index (χ0n) is 16.9. The summed E-state index contributed by atoms with van der Waals surface area (Å²) in [7, 11) is 0. The molecule has 0 aliphatic carbocycles. The molecular formula is C23H20BrN3O4S. The summed E-state index contributed by atoms with van der Waals surface area (Å²) in [6.07, 6.45) is 0.191. The standard InChI is InChI=1S/C23H20BrN3O4S/c24-15-7-5-14(6-8-15)18-11-9-16(10-12-22(29)30)27(18)26-21(28)13-20-23(31)25-17-3-1-2-4-19(17)32-20/h1-9,11,20H,10,12-13H2,(H,25,31)(H,26,28)(H,29,30)/t20-/m0/s1. The van der Waals surface area contributed by atoms with Crippen LogP contribution in [0.25, 0.3) is 11.3 Å². The van der Waals surface area contributed by atoms with E-state index in [2.05, 4.69) is 26.7 Å². The highest BCUT2D eigenvalue weighted by Crippen LogP contribution is 2.36. The van der Waals surface area contributed by atoms with Gasteiger partial charge in [-0.25, -0.2) is 0 Å². The Morgan fingerprint density at radius 1 is 1.09 bits per heavy atom. The quantitative estimate of drug-likeness (QED) is 0.431. The highest BCUT2D eigenvalue weighted by atomic mass is 79.9. The largest absolute Gasteiger partial charge is 0.481 e. The minimum atomic E-state index is -0.914. The van der Waals surface area contributed by atoms with Gasteiger partial charge in [-0.2, -0.15) is 0 Å². The number of para-hydroxylation sites is 1. The van der Waals surface area contributed by atoms with Gasteiger partial charge in [0.1, 0.15) is 0 Å². The fourth-order valence-electron chi connectivity index (χ4n) is 3.45. The number of benzene rings is 2. The normalized spacial score (nSPS) is 15.0. The van der Waals surface area contributed by atoms with Gasteiger partial charge in [-0.1, -0.05) is 40.2 Å². The molecule has 164 valence electrons. The molecule has 0 saturated heterocycles. The van der Waals surface area contributed by atoms with Crippen molar-refractivity contribution in [1.29, 1.82) is 0 Å². The molecule has 7 nitrogen and oxygen atoms in total. The van der Waals surface area contributed by atoms with Crippen molar-refractivity contribution >= 4 is 51.2 Å². The number of hydrogen-bond acceptors (Lipinski definition) is 4. The highest BCUT2D eigenvalue weighted by Gasteiger charge is 2.29. The SMILES string of the molecule is O=C(O)CCc1ccc(-c2ccc(Br)cc2)n1NC(=O)C[C@@H]1Sc2ccccc2NC1=O. The molecule has 2 heterocycles. The van der Waals surface area contributed by atoms with E-state index in [9.17, 15) is 14.4 Å². The third kappa shape index (κ3) is 5.05. The van der Waals surface area contributed by atoms with Crippen molar-refractivity contribution in [2.45, 2.75) is 29.4 Å². The van der Waals surface area contributed by atoms with Crippen LogP contribution in [0.3, 0.4) is 0 Å². The van der Waals surface area contributed by atoms with E-state index in [1.807, 2.05) is 54.6 Å². The van der Waals surface area contributed by atoms with Crippen LogP contribution >= 0.6 is 27.7 Å². The van der Waals surface area contributed by atoms with Crippen LogP contribution in [0.1, 0.15) is 18.5 Å². The monoisotopic (exact) mass is 513 g/mol. The average molecular weight is 514 g/mol. The number of aromatic nitrogens is 1. The lowest BCUT2D eigenvalue weighted by molar-refractivity contribution is -0.137. The number of nitrogens with zero attached hydrogens (tertiary/aromatic N) is 1. The second-order valence-corrected chi connectivity index (χ2v) is 9.44. The highest BCUT2D eigenvalue weighted by molar-refractivity contribution is 9.10. The molecular weight excluding hydrogens is 494 g/mol. The van der Waals surface area contributed by atoms with Crippen LogP contribution in [0.2, 0.25) is 0 Å². The fourth-order valence-corrected chi connectivity index (χ4v) is 4.83. The van der Waals surface area contributed by atoms with Gasteiger partial charge in [0.15, 0.2) is 0 Å². The Labute approximate surface area is 197 Å². The summed E-state index contributed by atoms with van der Waals surface area (Å²) in [6, 6.07) is 18.7. The van der Waals surface area contributed by atoms with Gasteiger partial charge in [0.25, 0.3) is 0 Å². The molecule has 2 aromatic carbocycles. The van der Waals surface area contributed by atoms with Gasteiger partial charge in [0.2, 0.25) is 11.8 Å². The van der Waals surface area contributed by atoms with Crippen molar-refractivity contribution in [3.05, 3.63) is 70.8 Å². The molecule has 0 saturated carbocycles. The van der Waals surface area contributed by atoms with Crippen LogP contribution in [0.5, 0.6) is 0 Å². The predicted octanol–water partition coefficient (Wildman–Crippen LogP) is 4.51. The van der Waals surface area contributed by atoms with E-state index < -0.39 is 11.2 Å². The first-order chi connectivity index (χ1) is 15.4. The summed E-state index contributed by atoms with van der Waals surface area (Å²) in [5.41, 5.74) is 5.89. The first-order valence-corrected chi connectivity index (χ1v) is 11.6. The van der Waals surface area contributed by atoms with E-state index in [0.717, 1.165) is 26.3 Å². The first kappa shape index (κ1) is 22.2. The van der Waals surface area contributed by atoms with Gasteiger partial charge >= 0.3 is 5.97 Å². The summed E-state index contributed by atoms with van der Waals surface area (Å²) in [5.74, 6) is -1.46. The van der Waals surface area contributed by atoms with Crippen LogP contribution in [-0.2, 0) is 20.8 Å². The molecule has 3 aromatic rings. The topological polar surface area (TPSA) is 100 Å². The molecule has 1 aromatic heterocycles. The van der Waals surface area contributed by atoms with Crippen molar-refractivity contribution in [3.63, 3.8) is 0 Å². The van der Waals surface area contributed by atoms with E-state index in [4.69, 9.17) is 5.11 Å². The van der Waals surface area contributed by atoms with Gasteiger partial charge in [-0.3, -0.25) is 24.5 Å². The maximum Gasteiger partial charge on any atom is 0.303 e. The number of aryl methyl sites for hydroxylation is 1. The lowest BCUT2D eigenvalue weighted by Gasteiger charge is -2.24. The fraction of sp³-hybridized carbons (Fsp3) is 0.174. The Morgan fingerprint density at radius 3 is 2.59 bits per heavy atom. The second kappa shape index (κ2) is 9.62. The van der Waals surface area contributed by atoms with Crippen molar-refractivity contribution in [1.82, 2.24) is 4.68 Å². The average Bonchev–Trinajstić information content (AvgIpc) is 3.15. The maximum atomic E-state index is 12.9. The smallest absolute Gasteiger partial charge is 0.303 e. The Kier molecular flexibility index (Phi) is 6.66. The molecule has 1 aliphatic heterocycles. The lowest BCUT2D eigenvalue weighted by atomic mass is 10.2.